The summed E-state index contributed by atoms with van der Waals surface area (Å²) in [6.07, 6.45) is 4.96. The van der Waals surface area contributed by atoms with Crippen LogP contribution in [0.4, 0.5) is 0 Å². The molecule has 0 amide bonds. The Morgan fingerprint density at radius 2 is 1.70 bits per heavy atom. The Labute approximate surface area is 172 Å². The highest BCUT2D eigenvalue weighted by Gasteiger charge is 2.48. The average Bonchev–Trinajstić information content (AvgIpc) is 3.51. The zero-order chi connectivity index (χ0) is 19.3. The van der Waals surface area contributed by atoms with E-state index in [0.717, 1.165) is 50.8 Å². The molecule has 0 bridgehead atoms. The zero-order valence-corrected chi connectivity index (χ0v) is 17.3. The maximum absolute atomic E-state index is 10.1. The highest BCUT2D eigenvalue weighted by Crippen LogP contribution is 2.53. The topological polar surface area (TPSA) is 27.0 Å². The molecule has 0 heterocycles. The van der Waals surface area contributed by atoms with Crippen LogP contribution in [0, 0.1) is 17.2 Å². The second-order valence-corrected chi connectivity index (χ2v) is 8.41. The molecule has 142 valence electrons. The smallest absolute Gasteiger partial charge is 0.0879 e. The van der Waals surface area contributed by atoms with Crippen LogP contribution in [0.1, 0.15) is 36.8 Å². The number of nitriles is 1. The Hall–Kier alpha value is -1.53. The van der Waals surface area contributed by atoms with E-state index >= 15 is 0 Å². The van der Waals surface area contributed by atoms with Gasteiger partial charge in [0.1, 0.15) is 0 Å². The number of hydrogen-bond acceptors (Lipinski definition) is 2. The van der Waals surface area contributed by atoms with Crippen LogP contribution in [-0.2, 0) is 11.8 Å². The second kappa shape index (κ2) is 9.11. The van der Waals surface area contributed by atoms with Crippen molar-refractivity contribution in [2.45, 2.75) is 37.5 Å². The van der Waals surface area contributed by atoms with Crippen molar-refractivity contribution in [3.05, 3.63) is 69.7 Å². The number of rotatable bonds is 9. The van der Waals surface area contributed by atoms with Crippen LogP contribution < -0.4 is 0 Å². The minimum atomic E-state index is -0.560. The zero-order valence-electron chi connectivity index (χ0n) is 15.8. The quantitative estimate of drug-likeness (QED) is 0.506. The number of benzene rings is 2. The fraction of sp³-hybridized carbons (Fsp3) is 0.435. The number of nitrogens with zero attached hydrogens (tertiary/aromatic N) is 2. The first-order chi connectivity index (χ1) is 13.1. The van der Waals surface area contributed by atoms with Gasteiger partial charge in [0.05, 0.1) is 11.5 Å². The molecule has 0 radical (unpaired) electrons. The molecule has 0 N–H and O–H groups in total. The molecule has 0 aromatic heterocycles. The van der Waals surface area contributed by atoms with Crippen LogP contribution in [0.15, 0.2) is 48.5 Å². The van der Waals surface area contributed by atoms with Crippen molar-refractivity contribution < 1.29 is 0 Å². The molecule has 4 heteroatoms. The normalized spacial score (nSPS) is 16.1. The Morgan fingerprint density at radius 1 is 1.04 bits per heavy atom. The number of hydrogen-bond donors (Lipinski definition) is 0. The van der Waals surface area contributed by atoms with Gasteiger partial charge in [0.15, 0.2) is 0 Å². The van der Waals surface area contributed by atoms with Crippen LogP contribution in [0.3, 0.4) is 0 Å². The largest absolute Gasteiger partial charge is 0.306 e. The monoisotopic (exact) mass is 400 g/mol. The van der Waals surface area contributed by atoms with Crippen molar-refractivity contribution in [1.29, 1.82) is 5.26 Å². The SMILES string of the molecule is CN(CCCC(C#N)(c1c(Cl)cccc1Cl)C1CC1)CCc1ccccc1. The van der Waals surface area contributed by atoms with Gasteiger partial charge in [-0.25, -0.2) is 0 Å². The third-order valence-corrected chi connectivity index (χ3v) is 6.25. The minimum Gasteiger partial charge on any atom is -0.306 e. The Balaban J connectivity index is 1.62. The van der Waals surface area contributed by atoms with Gasteiger partial charge in [0.2, 0.25) is 0 Å². The van der Waals surface area contributed by atoms with Gasteiger partial charge in [0, 0.05) is 22.2 Å². The van der Waals surface area contributed by atoms with Gasteiger partial charge < -0.3 is 4.90 Å². The standard InChI is InChI=1S/C23H26Cl2N2/c1-27(16-13-18-7-3-2-4-8-18)15-6-14-23(17-26,19-11-12-19)22-20(24)9-5-10-21(22)25/h2-5,7-10,19H,6,11-16H2,1H3. The molecule has 0 spiro atoms. The highest BCUT2D eigenvalue weighted by molar-refractivity contribution is 6.36. The van der Waals surface area contributed by atoms with Crippen LogP contribution in [-0.4, -0.2) is 25.0 Å². The van der Waals surface area contributed by atoms with Crippen molar-refractivity contribution in [2.24, 2.45) is 5.92 Å². The molecule has 0 aliphatic heterocycles. The van der Waals surface area contributed by atoms with E-state index in [4.69, 9.17) is 23.2 Å². The Bertz CT molecular complexity index is 776. The summed E-state index contributed by atoms with van der Waals surface area (Å²) in [5.74, 6) is 0.370. The fourth-order valence-electron chi connectivity index (χ4n) is 3.94. The lowest BCUT2D eigenvalue weighted by atomic mass is 9.73. The molecular formula is C23H26Cl2N2. The van der Waals surface area contributed by atoms with Gasteiger partial charge in [-0.2, -0.15) is 5.26 Å². The lowest BCUT2D eigenvalue weighted by Crippen LogP contribution is -2.30. The summed E-state index contributed by atoms with van der Waals surface area (Å²) in [5.41, 5.74) is 1.64. The van der Waals surface area contributed by atoms with Gasteiger partial charge in [-0.1, -0.05) is 59.6 Å². The molecule has 2 aromatic carbocycles. The van der Waals surface area contributed by atoms with Crippen molar-refractivity contribution in [3.63, 3.8) is 0 Å². The molecule has 1 aliphatic carbocycles. The van der Waals surface area contributed by atoms with Crippen LogP contribution in [0.2, 0.25) is 10.0 Å². The molecule has 1 saturated carbocycles. The summed E-state index contributed by atoms with van der Waals surface area (Å²) in [7, 11) is 2.15. The van der Waals surface area contributed by atoms with E-state index in [1.165, 1.54) is 5.56 Å². The highest BCUT2D eigenvalue weighted by atomic mass is 35.5. The van der Waals surface area contributed by atoms with Gasteiger partial charge in [0.25, 0.3) is 0 Å². The van der Waals surface area contributed by atoms with Crippen molar-refractivity contribution in [3.8, 4) is 6.07 Å². The Kier molecular flexibility index (Phi) is 6.82. The molecule has 1 aliphatic rings. The lowest BCUT2D eigenvalue weighted by Gasteiger charge is -2.30. The molecule has 0 saturated heterocycles. The van der Waals surface area contributed by atoms with Crippen LogP contribution >= 0.6 is 23.2 Å². The first kappa shape index (κ1) is 20.2. The van der Waals surface area contributed by atoms with Crippen molar-refractivity contribution in [2.75, 3.05) is 20.1 Å². The van der Waals surface area contributed by atoms with Crippen molar-refractivity contribution in [1.82, 2.24) is 4.90 Å². The summed E-state index contributed by atoms with van der Waals surface area (Å²) in [6, 6.07) is 18.7. The van der Waals surface area contributed by atoms with E-state index in [1.54, 1.807) is 0 Å². The van der Waals surface area contributed by atoms with Gasteiger partial charge in [-0.15, -0.1) is 0 Å². The van der Waals surface area contributed by atoms with Crippen LogP contribution in [0.25, 0.3) is 0 Å². The maximum atomic E-state index is 10.1. The molecule has 1 fully saturated rings. The molecule has 2 aromatic rings. The molecule has 1 atom stereocenters. The first-order valence-electron chi connectivity index (χ1n) is 9.65. The summed E-state index contributed by atoms with van der Waals surface area (Å²) < 4.78 is 0. The van der Waals surface area contributed by atoms with E-state index < -0.39 is 5.41 Å². The van der Waals surface area contributed by atoms with Gasteiger partial charge in [-0.05, 0) is 69.3 Å². The maximum Gasteiger partial charge on any atom is 0.0879 e. The lowest BCUT2D eigenvalue weighted by molar-refractivity contribution is 0.308. The average molecular weight is 401 g/mol. The molecule has 27 heavy (non-hydrogen) atoms. The Morgan fingerprint density at radius 3 is 2.30 bits per heavy atom. The summed E-state index contributed by atoms with van der Waals surface area (Å²) in [4.78, 5) is 2.34. The van der Waals surface area contributed by atoms with Crippen molar-refractivity contribution >= 4 is 23.2 Å². The summed E-state index contributed by atoms with van der Waals surface area (Å²) in [5, 5.41) is 11.4. The van der Waals surface area contributed by atoms with E-state index in [2.05, 4.69) is 42.3 Å². The molecular weight excluding hydrogens is 375 g/mol. The van der Waals surface area contributed by atoms with E-state index in [9.17, 15) is 5.26 Å². The van der Waals surface area contributed by atoms with E-state index in [0.29, 0.717) is 16.0 Å². The second-order valence-electron chi connectivity index (χ2n) is 7.60. The van der Waals surface area contributed by atoms with Crippen LogP contribution in [0.5, 0.6) is 0 Å². The molecule has 2 nitrogen and oxygen atoms in total. The predicted molar refractivity (Wildman–Crippen MR) is 113 cm³/mol. The number of likely N-dealkylation sites (N-methyl/N-ethyl adjacent to an activating group) is 1. The van der Waals surface area contributed by atoms with E-state index in [-0.39, 0.29) is 0 Å². The third-order valence-electron chi connectivity index (χ3n) is 5.62. The van der Waals surface area contributed by atoms with Gasteiger partial charge >= 0.3 is 0 Å². The predicted octanol–water partition coefficient (Wildman–Crippen LogP) is 6.12. The van der Waals surface area contributed by atoms with Gasteiger partial charge in [-0.3, -0.25) is 0 Å². The fourth-order valence-corrected chi connectivity index (χ4v) is 4.68. The first-order valence-corrected chi connectivity index (χ1v) is 10.4. The summed E-state index contributed by atoms with van der Waals surface area (Å²) in [6.45, 7) is 1.98. The third kappa shape index (κ3) is 4.85. The minimum absolute atomic E-state index is 0.370. The number of halogens is 2. The summed E-state index contributed by atoms with van der Waals surface area (Å²) >= 11 is 13.0. The molecule has 3 rings (SSSR count). The molecule has 1 unspecified atom stereocenters. The van der Waals surface area contributed by atoms with E-state index in [1.807, 2.05) is 24.3 Å².